The SMILES string of the molecule is CCCCCOc1nc(Br)c(-c2ccc(OC(F)F)cc2OC)nc1NC. The van der Waals surface area contributed by atoms with Crippen LogP contribution in [0.2, 0.25) is 0 Å². The number of anilines is 1. The molecule has 0 bridgehead atoms. The molecule has 1 aromatic carbocycles. The van der Waals surface area contributed by atoms with Gasteiger partial charge < -0.3 is 19.5 Å². The lowest BCUT2D eigenvalue weighted by atomic mass is 10.1. The molecule has 1 N–H and O–H groups in total. The van der Waals surface area contributed by atoms with Crippen LogP contribution in [0.4, 0.5) is 14.6 Å². The second kappa shape index (κ2) is 10.2. The van der Waals surface area contributed by atoms with E-state index in [9.17, 15) is 8.78 Å². The van der Waals surface area contributed by atoms with Gasteiger partial charge in [-0.2, -0.15) is 8.78 Å². The lowest BCUT2D eigenvalue weighted by molar-refractivity contribution is -0.0499. The van der Waals surface area contributed by atoms with Crippen LogP contribution in [0.5, 0.6) is 17.4 Å². The number of rotatable bonds is 10. The summed E-state index contributed by atoms with van der Waals surface area (Å²) in [5.74, 6) is 1.20. The minimum absolute atomic E-state index is 0.000556. The van der Waals surface area contributed by atoms with E-state index in [2.05, 4.69) is 42.9 Å². The molecule has 27 heavy (non-hydrogen) atoms. The van der Waals surface area contributed by atoms with Gasteiger partial charge in [0.2, 0.25) is 0 Å². The van der Waals surface area contributed by atoms with E-state index in [-0.39, 0.29) is 5.75 Å². The van der Waals surface area contributed by atoms with Crippen molar-refractivity contribution in [2.45, 2.75) is 32.8 Å². The quantitative estimate of drug-likeness (QED) is 0.511. The molecule has 0 saturated heterocycles. The first-order chi connectivity index (χ1) is 13.0. The molecule has 0 spiro atoms. The Morgan fingerprint density at radius 1 is 1.22 bits per heavy atom. The van der Waals surface area contributed by atoms with Crippen molar-refractivity contribution in [1.82, 2.24) is 9.97 Å². The molecule has 0 amide bonds. The maximum atomic E-state index is 12.4. The van der Waals surface area contributed by atoms with E-state index < -0.39 is 6.61 Å². The normalized spacial score (nSPS) is 10.8. The highest BCUT2D eigenvalue weighted by atomic mass is 79.9. The Morgan fingerprint density at radius 2 is 2.00 bits per heavy atom. The van der Waals surface area contributed by atoms with E-state index in [0.29, 0.717) is 39.9 Å². The van der Waals surface area contributed by atoms with Gasteiger partial charge in [-0.1, -0.05) is 19.8 Å². The van der Waals surface area contributed by atoms with Gasteiger partial charge in [0.15, 0.2) is 5.82 Å². The third kappa shape index (κ3) is 5.66. The van der Waals surface area contributed by atoms with E-state index in [4.69, 9.17) is 9.47 Å². The van der Waals surface area contributed by atoms with Crippen LogP contribution in [0, 0.1) is 0 Å². The smallest absolute Gasteiger partial charge is 0.387 e. The van der Waals surface area contributed by atoms with Crippen molar-refractivity contribution >= 4 is 21.7 Å². The minimum atomic E-state index is -2.91. The lowest BCUT2D eigenvalue weighted by Crippen LogP contribution is -2.06. The molecule has 6 nitrogen and oxygen atoms in total. The minimum Gasteiger partial charge on any atom is -0.496 e. The van der Waals surface area contributed by atoms with Crippen molar-refractivity contribution < 1.29 is 23.0 Å². The Labute approximate surface area is 165 Å². The summed E-state index contributed by atoms with van der Waals surface area (Å²) in [5.41, 5.74) is 1.06. The van der Waals surface area contributed by atoms with Gasteiger partial charge in [-0.3, -0.25) is 0 Å². The molecule has 0 aliphatic heterocycles. The maximum Gasteiger partial charge on any atom is 0.387 e. The van der Waals surface area contributed by atoms with Gasteiger partial charge in [-0.15, -0.1) is 0 Å². The Balaban J connectivity index is 2.35. The molecule has 0 saturated carbocycles. The van der Waals surface area contributed by atoms with E-state index in [0.717, 1.165) is 19.3 Å². The molecule has 0 unspecified atom stereocenters. The van der Waals surface area contributed by atoms with Crippen molar-refractivity contribution in [3.05, 3.63) is 22.8 Å². The van der Waals surface area contributed by atoms with Crippen molar-refractivity contribution in [2.24, 2.45) is 0 Å². The summed E-state index contributed by atoms with van der Waals surface area (Å²) in [6, 6.07) is 4.39. The van der Waals surface area contributed by atoms with E-state index in [1.807, 2.05) is 0 Å². The number of nitrogens with zero attached hydrogens (tertiary/aromatic N) is 2. The zero-order chi connectivity index (χ0) is 19.8. The number of nitrogens with one attached hydrogen (secondary N) is 1. The Kier molecular flexibility index (Phi) is 8.02. The number of hydrogen-bond acceptors (Lipinski definition) is 6. The fraction of sp³-hybridized carbons (Fsp3) is 0.444. The molecular formula is C18H22BrF2N3O3. The van der Waals surface area contributed by atoms with Gasteiger partial charge in [0.05, 0.1) is 13.7 Å². The van der Waals surface area contributed by atoms with Crippen LogP contribution in [0.1, 0.15) is 26.2 Å². The molecule has 0 aliphatic rings. The number of ether oxygens (including phenoxy) is 3. The Bertz CT molecular complexity index is 763. The standard InChI is InChI=1S/C18H22BrF2N3O3/c1-4-5-6-9-26-17-16(22-2)23-14(15(19)24-17)12-8-7-11(27-18(20)21)10-13(12)25-3/h7-8,10,18H,4-6,9H2,1-3H3,(H,22,23). The summed E-state index contributed by atoms with van der Waals surface area (Å²) in [6.45, 7) is -0.242. The van der Waals surface area contributed by atoms with Crippen LogP contribution in [-0.2, 0) is 0 Å². The summed E-state index contributed by atoms with van der Waals surface area (Å²) >= 11 is 3.40. The van der Waals surface area contributed by atoms with Crippen molar-refractivity contribution in [2.75, 3.05) is 26.1 Å². The van der Waals surface area contributed by atoms with Crippen LogP contribution in [0.3, 0.4) is 0 Å². The third-order valence-corrected chi connectivity index (χ3v) is 4.25. The second-order valence-electron chi connectivity index (χ2n) is 5.56. The highest BCUT2D eigenvalue weighted by molar-refractivity contribution is 9.10. The highest BCUT2D eigenvalue weighted by Gasteiger charge is 2.18. The zero-order valence-electron chi connectivity index (χ0n) is 15.4. The molecule has 0 radical (unpaired) electrons. The summed E-state index contributed by atoms with van der Waals surface area (Å²) in [5, 5.41) is 2.96. The number of hydrogen-bond donors (Lipinski definition) is 1. The molecule has 2 rings (SSSR count). The lowest BCUT2D eigenvalue weighted by Gasteiger charge is -2.15. The van der Waals surface area contributed by atoms with Gasteiger partial charge in [-0.25, -0.2) is 9.97 Å². The summed E-state index contributed by atoms with van der Waals surface area (Å²) in [4.78, 5) is 8.97. The second-order valence-corrected chi connectivity index (χ2v) is 6.31. The largest absolute Gasteiger partial charge is 0.496 e. The number of methoxy groups -OCH3 is 1. The number of benzene rings is 1. The van der Waals surface area contributed by atoms with Gasteiger partial charge in [0.25, 0.3) is 5.88 Å². The average molecular weight is 446 g/mol. The van der Waals surface area contributed by atoms with E-state index >= 15 is 0 Å². The Hall–Kier alpha value is -2.16. The molecule has 148 valence electrons. The van der Waals surface area contributed by atoms with Gasteiger partial charge >= 0.3 is 6.61 Å². The van der Waals surface area contributed by atoms with Crippen molar-refractivity contribution in [3.63, 3.8) is 0 Å². The first kappa shape index (κ1) is 21.1. The molecule has 0 fully saturated rings. The predicted molar refractivity (Wildman–Crippen MR) is 103 cm³/mol. The number of halogens is 3. The summed E-state index contributed by atoms with van der Waals surface area (Å²) in [7, 11) is 3.16. The predicted octanol–water partition coefficient (Wildman–Crippen LogP) is 5.13. The zero-order valence-corrected chi connectivity index (χ0v) is 17.0. The van der Waals surface area contributed by atoms with Crippen LogP contribution in [0.25, 0.3) is 11.3 Å². The van der Waals surface area contributed by atoms with Crippen molar-refractivity contribution in [3.8, 4) is 28.6 Å². The van der Waals surface area contributed by atoms with Crippen LogP contribution >= 0.6 is 15.9 Å². The van der Waals surface area contributed by atoms with Gasteiger partial charge in [0.1, 0.15) is 21.8 Å². The van der Waals surface area contributed by atoms with E-state index in [1.165, 1.54) is 19.2 Å². The third-order valence-electron chi connectivity index (χ3n) is 3.70. The molecule has 1 heterocycles. The first-order valence-electron chi connectivity index (χ1n) is 8.51. The first-order valence-corrected chi connectivity index (χ1v) is 9.30. The molecule has 1 aromatic heterocycles. The molecule has 9 heteroatoms. The topological polar surface area (TPSA) is 65.5 Å². The fourth-order valence-electron chi connectivity index (χ4n) is 2.40. The molecule has 2 aromatic rings. The summed E-state index contributed by atoms with van der Waals surface area (Å²) in [6.07, 6.45) is 3.10. The van der Waals surface area contributed by atoms with Gasteiger partial charge in [0, 0.05) is 18.7 Å². The highest BCUT2D eigenvalue weighted by Crippen LogP contribution is 2.38. The van der Waals surface area contributed by atoms with Crippen LogP contribution < -0.4 is 19.5 Å². The molecule has 0 atom stereocenters. The molecule has 0 aliphatic carbocycles. The van der Waals surface area contributed by atoms with Crippen LogP contribution in [0.15, 0.2) is 22.8 Å². The number of alkyl halides is 2. The number of aromatic nitrogens is 2. The van der Waals surface area contributed by atoms with E-state index in [1.54, 1.807) is 13.1 Å². The monoisotopic (exact) mass is 445 g/mol. The maximum absolute atomic E-state index is 12.4. The molecular weight excluding hydrogens is 424 g/mol. The van der Waals surface area contributed by atoms with Crippen molar-refractivity contribution in [1.29, 1.82) is 0 Å². The fourth-order valence-corrected chi connectivity index (χ4v) is 2.86. The van der Waals surface area contributed by atoms with Gasteiger partial charge in [-0.05, 0) is 34.5 Å². The van der Waals surface area contributed by atoms with Crippen LogP contribution in [-0.4, -0.2) is 37.3 Å². The average Bonchev–Trinajstić information content (AvgIpc) is 2.65. The number of unbranched alkanes of at least 4 members (excludes halogenated alkanes) is 2. The Morgan fingerprint density at radius 3 is 2.63 bits per heavy atom. The summed E-state index contributed by atoms with van der Waals surface area (Å²) < 4.78 is 40.7.